The van der Waals surface area contributed by atoms with E-state index in [-0.39, 0.29) is 11.5 Å². The summed E-state index contributed by atoms with van der Waals surface area (Å²) in [5.74, 6) is -0.0736. The third-order valence-electron chi connectivity index (χ3n) is 2.03. The summed E-state index contributed by atoms with van der Waals surface area (Å²) in [4.78, 5) is 11.5. The Hall–Kier alpha value is -1.57. The maximum absolute atomic E-state index is 11.5. The summed E-state index contributed by atoms with van der Waals surface area (Å²) in [6.07, 6.45) is 3.12. The molecule has 1 rings (SSSR count). The number of benzene rings is 1. The van der Waals surface area contributed by atoms with Crippen molar-refractivity contribution in [3.63, 3.8) is 0 Å². The van der Waals surface area contributed by atoms with Crippen LogP contribution in [0.15, 0.2) is 24.3 Å². The van der Waals surface area contributed by atoms with Gasteiger partial charge in [-0.25, -0.2) is 0 Å². The molecule has 0 atom stereocenters. The molecule has 0 aliphatic rings. The average molecular weight is 190 g/mol. The van der Waals surface area contributed by atoms with Crippen molar-refractivity contribution in [3.8, 4) is 5.75 Å². The third kappa shape index (κ3) is 2.02. The number of hydrogen-bond donors (Lipinski definition) is 1. The van der Waals surface area contributed by atoms with E-state index in [1.165, 1.54) is 6.08 Å². The van der Waals surface area contributed by atoms with Gasteiger partial charge in [-0.1, -0.05) is 12.1 Å². The second-order valence-corrected chi connectivity index (χ2v) is 3.34. The Kier molecular flexibility index (Phi) is 3.07. The van der Waals surface area contributed by atoms with Crippen molar-refractivity contribution >= 4 is 5.78 Å². The molecule has 0 aliphatic heterocycles. The van der Waals surface area contributed by atoms with Crippen molar-refractivity contribution in [1.29, 1.82) is 0 Å². The van der Waals surface area contributed by atoms with Gasteiger partial charge in [0.2, 0.25) is 0 Å². The zero-order valence-electron chi connectivity index (χ0n) is 8.66. The molecule has 1 N–H and O–H groups in total. The van der Waals surface area contributed by atoms with Gasteiger partial charge in [0.1, 0.15) is 5.75 Å². The molecule has 2 nitrogen and oxygen atoms in total. The molecule has 0 amide bonds. The van der Waals surface area contributed by atoms with Gasteiger partial charge < -0.3 is 5.11 Å². The molecule has 0 aromatic heterocycles. The first-order valence-electron chi connectivity index (χ1n) is 4.53. The van der Waals surface area contributed by atoms with Crippen LogP contribution in [0.2, 0.25) is 0 Å². The molecule has 0 bridgehead atoms. The highest BCUT2D eigenvalue weighted by molar-refractivity contribution is 6.06. The normalized spacial score (nSPS) is 10.8. The number of carbonyl (C=O) groups excluding carboxylic acids is 1. The number of phenols is 1. The van der Waals surface area contributed by atoms with Gasteiger partial charge >= 0.3 is 0 Å². The van der Waals surface area contributed by atoms with Crippen LogP contribution in [-0.4, -0.2) is 10.9 Å². The molecule has 1 aromatic carbocycles. The molecule has 2 heteroatoms. The molecule has 1 aromatic rings. The minimum Gasteiger partial charge on any atom is -0.507 e. The van der Waals surface area contributed by atoms with Gasteiger partial charge in [0.15, 0.2) is 5.78 Å². The van der Waals surface area contributed by atoms with Gasteiger partial charge in [-0.3, -0.25) is 4.79 Å². The largest absolute Gasteiger partial charge is 0.507 e. The molecule has 0 aliphatic carbocycles. The molecule has 0 saturated carbocycles. The van der Waals surface area contributed by atoms with Crippen LogP contribution < -0.4 is 0 Å². The Morgan fingerprint density at radius 3 is 2.57 bits per heavy atom. The Morgan fingerprint density at radius 1 is 1.36 bits per heavy atom. The van der Waals surface area contributed by atoms with Crippen LogP contribution in [0.5, 0.6) is 5.75 Å². The van der Waals surface area contributed by atoms with Gasteiger partial charge in [0, 0.05) is 0 Å². The summed E-state index contributed by atoms with van der Waals surface area (Å²) >= 11 is 0. The Morgan fingerprint density at radius 2 is 2.00 bits per heavy atom. The van der Waals surface area contributed by atoms with Gasteiger partial charge in [0.05, 0.1) is 5.56 Å². The molecule has 0 radical (unpaired) electrons. The van der Waals surface area contributed by atoms with Gasteiger partial charge in [-0.15, -0.1) is 0 Å². The summed E-state index contributed by atoms with van der Waals surface area (Å²) in [5.41, 5.74) is 2.09. The van der Waals surface area contributed by atoms with E-state index < -0.39 is 0 Å². The van der Waals surface area contributed by atoms with E-state index in [0.29, 0.717) is 5.56 Å². The zero-order valence-corrected chi connectivity index (χ0v) is 8.66. The van der Waals surface area contributed by atoms with E-state index in [1.807, 2.05) is 13.0 Å². The van der Waals surface area contributed by atoms with Gasteiger partial charge in [-0.2, -0.15) is 0 Å². The van der Waals surface area contributed by atoms with Crippen molar-refractivity contribution in [2.75, 3.05) is 0 Å². The second kappa shape index (κ2) is 4.09. The molecule has 14 heavy (non-hydrogen) atoms. The minimum atomic E-state index is -0.156. The molecule has 0 unspecified atom stereocenters. The number of allylic oxidation sites excluding steroid dienone is 2. The molecular weight excluding hydrogens is 176 g/mol. The lowest BCUT2D eigenvalue weighted by Crippen LogP contribution is -1.97. The fraction of sp³-hybridized carbons (Fsp3) is 0.250. The van der Waals surface area contributed by atoms with E-state index in [1.54, 1.807) is 26.0 Å². The molecule has 0 heterocycles. The number of hydrogen-bond acceptors (Lipinski definition) is 2. The summed E-state index contributed by atoms with van der Waals surface area (Å²) < 4.78 is 0. The fourth-order valence-corrected chi connectivity index (χ4v) is 1.39. The summed E-state index contributed by atoms with van der Waals surface area (Å²) in [6.45, 7) is 5.46. The highest BCUT2D eigenvalue weighted by Gasteiger charge is 2.10. The first kappa shape index (κ1) is 10.5. The fourth-order valence-electron chi connectivity index (χ4n) is 1.39. The van der Waals surface area contributed by atoms with Crippen molar-refractivity contribution in [1.82, 2.24) is 0 Å². The lowest BCUT2D eigenvalue weighted by molar-refractivity contribution is 0.104. The second-order valence-electron chi connectivity index (χ2n) is 3.34. The van der Waals surface area contributed by atoms with E-state index in [2.05, 4.69) is 0 Å². The minimum absolute atomic E-state index is 0.0821. The van der Waals surface area contributed by atoms with E-state index in [0.717, 1.165) is 11.1 Å². The van der Waals surface area contributed by atoms with Crippen molar-refractivity contribution in [3.05, 3.63) is 41.0 Å². The molecule has 0 saturated heterocycles. The summed E-state index contributed by atoms with van der Waals surface area (Å²) in [6, 6.07) is 3.55. The van der Waals surface area contributed by atoms with Crippen molar-refractivity contribution in [2.24, 2.45) is 0 Å². The maximum Gasteiger partial charge on any atom is 0.189 e. The maximum atomic E-state index is 11.5. The SMILES string of the molecule is C/C=C\C(=O)c1cc(C)cc(C)c1O. The predicted octanol–water partition coefficient (Wildman–Crippen LogP) is 2.77. The van der Waals surface area contributed by atoms with Crippen LogP contribution in [0.1, 0.15) is 28.4 Å². The van der Waals surface area contributed by atoms with Crippen LogP contribution in [-0.2, 0) is 0 Å². The van der Waals surface area contributed by atoms with Crippen LogP contribution >= 0.6 is 0 Å². The zero-order chi connectivity index (χ0) is 10.7. The topological polar surface area (TPSA) is 37.3 Å². The monoisotopic (exact) mass is 190 g/mol. The molecule has 0 fully saturated rings. The number of phenolic OH excluding ortho intramolecular Hbond substituents is 1. The molecule has 0 spiro atoms. The van der Waals surface area contributed by atoms with Crippen molar-refractivity contribution < 1.29 is 9.90 Å². The number of aryl methyl sites for hydroxylation is 2. The first-order chi connectivity index (χ1) is 6.56. The smallest absolute Gasteiger partial charge is 0.189 e. The van der Waals surface area contributed by atoms with E-state index >= 15 is 0 Å². The first-order valence-corrected chi connectivity index (χ1v) is 4.53. The van der Waals surface area contributed by atoms with Crippen molar-refractivity contribution in [2.45, 2.75) is 20.8 Å². The molecular formula is C12H14O2. The number of carbonyl (C=O) groups is 1. The standard InChI is InChI=1S/C12H14O2/c1-4-5-11(13)10-7-8(2)6-9(3)12(10)14/h4-7,14H,1-3H3/b5-4-. The molecule has 74 valence electrons. The number of aromatic hydroxyl groups is 1. The average Bonchev–Trinajstić information content (AvgIpc) is 2.11. The highest BCUT2D eigenvalue weighted by atomic mass is 16.3. The summed E-state index contributed by atoms with van der Waals surface area (Å²) in [7, 11) is 0. The number of ketones is 1. The van der Waals surface area contributed by atoms with E-state index in [9.17, 15) is 9.90 Å². The van der Waals surface area contributed by atoms with E-state index in [4.69, 9.17) is 0 Å². The van der Waals surface area contributed by atoms with Crippen LogP contribution in [0.4, 0.5) is 0 Å². The Balaban J connectivity index is 3.27. The lowest BCUT2D eigenvalue weighted by atomic mass is 10.0. The quantitative estimate of drug-likeness (QED) is 0.575. The van der Waals surface area contributed by atoms with Gasteiger partial charge in [0.25, 0.3) is 0 Å². The number of rotatable bonds is 2. The van der Waals surface area contributed by atoms with Crippen LogP contribution in [0.3, 0.4) is 0 Å². The van der Waals surface area contributed by atoms with Gasteiger partial charge in [-0.05, 0) is 44.0 Å². The summed E-state index contributed by atoms with van der Waals surface area (Å²) in [5, 5.41) is 9.66. The predicted molar refractivity (Wildman–Crippen MR) is 56.7 cm³/mol. The Labute approximate surface area is 83.9 Å². The highest BCUT2D eigenvalue weighted by Crippen LogP contribution is 2.24. The Bertz CT molecular complexity index is 390. The lowest BCUT2D eigenvalue weighted by Gasteiger charge is -2.05. The van der Waals surface area contributed by atoms with Crippen LogP contribution in [0, 0.1) is 13.8 Å². The van der Waals surface area contributed by atoms with Crippen LogP contribution in [0.25, 0.3) is 0 Å². The third-order valence-corrected chi connectivity index (χ3v) is 2.03.